The number of likely N-dealkylation sites (tertiary alicyclic amines) is 1. The number of fused-ring (bicyclic) bond motifs is 1. The van der Waals surface area contributed by atoms with Crippen molar-refractivity contribution in [1.82, 2.24) is 14.3 Å². The Morgan fingerprint density at radius 3 is 3.04 bits per heavy atom. The number of carbonyl (C=O) groups is 1. The van der Waals surface area contributed by atoms with Crippen LogP contribution in [0.25, 0.3) is 4.96 Å². The van der Waals surface area contributed by atoms with Gasteiger partial charge in [-0.1, -0.05) is 11.6 Å². The number of hydrogen-bond donors (Lipinski definition) is 0. The molecule has 1 saturated heterocycles. The van der Waals surface area contributed by atoms with Gasteiger partial charge in [-0.05, 0) is 57.0 Å². The fourth-order valence-electron chi connectivity index (χ4n) is 3.88. The molecule has 136 valence electrons. The first-order valence-electron chi connectivity index (χ1n) is 8.96. The number of Topliss-reactive ketones (excluding diaryl/α,β-unsaturated/α-hetero) is 1. The number of nitrogens with zero attached hydrogens (tertiary/aromatic N) is 3. The van der Waals surface area contributed by atoms with E-state index in [-0.39, 0.29) is 11.7 Å². The zero-order valence-corrected chi connectivity index (χ0v) is 16.6. The quantitative estimate of drug-likeness (QED) is 0.605. The number of hydrogen-bond acceptors (Lipinski definition) is 4. The highest BCUT2D eigenvalue weighted by atomic mass is 35.5. The molecule has 0 bridgehead atoms. The molecule has 0 spiro atoms. The third-order valence-corrected chi connectivity index (χ3v) is 6.26. The number of benzene rings is 1. The van der Waals surface area contributed by atoms with Crippen molar-refractivity contribution in [2.24, 2.45) is 5.92 Å². The summed E-state index contributed by atoms with van der Waals surface area (Å²) in [5.41, 5.74) is 4.09. The van der Waals surface area contributed by atoms with Gasteiger partial charge in [0.25, 0.3) is 0 Å². The number of carbonyl (C=O) groups excluding carboxylic acids is 1. The van der Waals surface area contributed by atoms with E-state index < -0.39 is 0 Å². The molecule has 0 radical (unpaired) electrons. The van der Waals surface area contributed by atoms with E-state index in [4.69, 9.17) is 11.6 Å². The van der Waals surface area contributed by atoms with E-state index in [1.807, 2.05) is 25.1 Å². The standard InChI is InChI=1S/C20H22ClN3OS/c1-13-10-16(21)5-6-17(13)19(25)15-4-3-7-23(11-15)12-18-14(2)22-20-24(18)8-9-26-20/h5-6,8-10,15H,3-4,7,11-12H2,1-2H3. The van der Waals surface area contributed by atoms with Gasteiger partial charge in [0.05, 0.1) is 11.4 Å². The molecule has 1 aliphatic heterocycles. The molecule has 1 atom stereocenters. The number of ketones is 1. The highest BCUT2D eigenvalue weighted by Crippen LogP contribution is 2.26. The Balaban J connectivity index is 1.51. The number of halogens is 1. The van der Waals surface area contributed by atoms with E-state index in [1.54, 1.807) is 11.3 Å². The first-order chi connectivity index (χ1) is 12.5. The lowest BCUT2D eigenvalue weighted by atomic mass is 9.88. The lowest BCUT2D eigenvalue weighted by Crippen LogP contribution is -2.38. The summed E-state index contributed by atoms with van der Waals surface area (Å²) >= 11 is 7.69. The molecule has 6 heteroatoms. The second-order valence-corrected chi connectivity index (χ2v) is 8.41. The fourth-order valence-corrected chi connectivity index (χ4v) is 4.88. The Kier molecular flexibility index (Phi) is 4.86. The van der Waals surface area contributed by atoms with E-state index in [0.29, 0.717) is 5.02 Å². The molecule has 1 fully saturated rings. The van der Waals surface area contributed by atoms with E-state index in [1.165, 1.54) is 5.69 Å². The summed E-state index contributed by atoms with van der Waals surface area (Å²) in [6.07, 6.45) is 4.09. The minimum atomic E-state index is 0.0508. The van der Waals surface area contributed by atoms with E-state index in [9.17, 15) is 4.79 Å². The Hall–Kier alpha value is -1.69. The third kappa shape index (κ3) is 3.31. The summed E-state index contributed by atoms with van der Waals surface area (Å²) in [5.74, 6) is 0.296. The summed E-state index contributed by atoms with van der Waals surface area (Å²) < 4.78 is 2.18. The van der Waals surface area contributed by atoms with Crippen molar-refractivity contribution in [3.8, 4) is 0 Å². The van der Waals surface area contributed by atoms with Gasteiger partial charge in [-0.2, -0.15) is 0 Å². The number of aryl methyl sites for hydroxylation is 2. The first kappa shape index (κ1) is 17.7. The Labute approximate surface area is 162 Å². The zero-order valence-electron chi connectivity index (χ0n) is 15.0. The van der Waals surface area contributed by atoms with Gasteiger partial charge in [0.1, 0.15) is 0 Å². The Morgan fingerprint density at radius 1 is 1.38 bits per heavy atom. The van der Waals surface area contributed by atoms with E-state index >= 15 is 0 Å². The fraction of sp³-hybridized carbons (Fsp3) is 0.400. The summed E-state index contributed by atoms with van der Waals surface area (Å²) in [6, 6.07) is 5.55. The molecule has 0 aliphatic carbocycles. The molecule has 0 saturated carbocycles. The van der Waals surface area contributed by atoms with Crippen molar-refractivity contribution in [3.05, 3.63) is 57.3 Å². The van der Waals surface area contributed by atoms with Crippen molar-refractivity contribution in [2.75, 3.05) is 13.1 Å². The smallest absolute Gasteiger partial charge is 0.194 e. The number of rotatable bonds is 4. The average Bonchev–Trinajstić information content (AvgIpc) is 3.17. The van der Waals surface area contributed by atoms with Gasteiger partial charge in [0.2, 0.25) is 0 Å². The van der Waals surface area contributed by atoms with Crippen molar-refractivity contribution in [2.45, 2.75) is 33.2 Å². The molecule has 0 N–H and O–H groups in total. The molecule has 4 rings (SSSR count). The van der Waals surface area contributed by atoms with Gasteiger partial charge in [0, 0.05) is 41.2 Å². The van der Waals surface area contributed by atoms with E-state index in [0.717, 1.165) is 54.3 Å². The highest BCUT2D eigenvalue weighted by Gasteiger charge is 2.28. The number of thiazole rings is 1. The molecule has 3 aromatic rings. The van der Waals surface area contributed by atoms with Crippen molar-refractivity contribution < 1.29 is 4.79 Å². The van der Waals surface area contributed by atoms with Gasteiger partial charge >= 0.3 is 0 Å². The largest absolute Gasteiger partial charge is 0.297 e. The molecule has 3 heterocycles. The summed E-state index contributed by atoms with van der Waals surface area (Å²) in [7, 11) is 0. The van der Waals surface area contributed by atoms with Crippen LogP contribution in [-0.4, -0.2) is 33.2 Å². The van der Waals surface area contributed by atoms with Crippen molar-refractivity contribution in [1.29, 1.82) is 0 Å². The maximum Gasteiger partial charge on any atom is 0.194 e. The lowest BCUT2D eigenvalue weighted by Gasteiger charge is -2.32. The second kappa shape index (κ2) is 7.14. The minimum absolute atomic E-state index is 0.0508. The molecule has 1 aliphatic rings. The van der Waals surface area contributed by atoms with E-state index in [2.05, 4.69) is 32.8 Å². The summed E-state index contributed by atoms with van der Waals surface area (Å²) in [6.45, 7) is 6.70. The van der Waals surface area contributed by atoms with Crippen LogP contribution >= 0.6 is 22.9 Å². The molecular formula is C20H22ClN3OS. The van der Waals surface area contributed by atoms with Gasteiger partial charge < -0.3 is 0 Å². The topological polar surface area (TPSA) is 37.6 Å². The molecule has 1 aromatic carbocycles. The van der Waals surface area contributed by atoms with Gasteiger partial charge in [-0.25, -0.2) is 4.98 Å². The predicted octanol–water partition coefficient (Wildman–Crippen LogP) is 4.76. The van der Waals surface area contributed by atoms with Crippen LogP contribution in [0.5, 0.6) is 0 Å². The number of imidazole rings is 1. The molecule has 1 unspecified atom stereocenters. The van der Waals surface area contributed by atoms with Crippen LogP contribution in [0.4, 0.5) is 0 Å². The normalized spacial score (nSPS) is 18.5. The monoisotopic (exact) mass is 387 g/mol. The predicted molar refractivity (Wildman–Crippen MR) is 106 cm³/mol. The average molecular weight is 388 g/mol. The summed E-state index contributed by atoms with van der Waals surface area (Å²) in [5, 5.41) is 2.75. The molecule has 26 heavy (non-hydrogen) atoms. The number of aromatic nitrogens is 2. The maximum absolute atomic E-state index is 13.0. The maximum atomic E-state index is 13.0. The van der Waals surface area contributed by atoms with Gasteiger partial charge in [-0.15, -0.1) is 11.3 Å². The minimum Gasteiger partial charge on any atom is -0.297 e. The van der Waals surface area contributed by atoms with Crippen LogP contribution in [0.2, 0.25) is 5.02 Å². The SMILES string of the molecule is Cc1cc(Cl)ccc1C(=O)C1CCCN(Cc2c(C)nc3sccn23)C1. The van der Waals surface area contributed by atoms with Crippen molar-refractivity contribution in [3.63, 3.8) is 0 Å². The molecule has 4 nitrogen and oxygen atoms in total. The summed E-state index contributed by atoms with van der Waals surface area (Å²) in [4.78, 5) is 21.1. The Morgan fingerprint density at radius 2 is 2.23 bits per heavy atom. The van der Waals surface area contributed by atoms with Crippen LogP contribution < -0.4 is 0 Å². The van der Waals surface area contributed by atoms with Crippen molar-refractivity contribution >= 4 is 33.7 Å². The van der Waals surface area contributed by atoms with Crippen LogP contribution in [0.3, 0.4) is 0 Å². The molecular weight excluding hydrogens is 366 g/mol. The lowest BCUT2D eigenvalue weighted by molar-refractivity contribution is 0.0809. The van der Waals surface area contributed by atoms with Gasteiger partial charge in [0.15, 0.2) is 10.7 Å². The second-order valence-electron chi connectivity index (χ2n) is 7.10. The third-order valence-electron chi connectivity index (χ3n) is 5.26. The van der Waals surface area contributed by atoms with Crippen LogP contribution in [-0.2, 0) is 6.54 Å². The van der Waals surface area contributed by atoms with Crippen LogP contribution in [0.1, 0.15) is 40.2 Å². The van der Waals surface area contributed by atoms with Crippen LogP contribution in [0.15, 0.2) is 29.8 Å². The van der Waals surface area contributed by atoms with Crippen LogP contribution in [0, 0.1) is 19.8 Å². The molecule has 0 amide bonds. The first-order valence-corrected chi connectivity index (χ1v) is 10.2. The molecule has 2 aromatic heterocycles. The zero-order chi connectivity index (χ0) is 18.3. The Bertz CT molecular complexity index is 961. The number of piperidine rings is 1. The van der Waals surface area contributed by atoms with Gasteiger partial charge in [-0.3, -0.25) is 14.1 Å². The highest BCUT2D eigenvalue weighted by molar-refractivity contribution is 7.15.